The van der Waals surface area contributed by atoms with Gasteiger partial charge in [0.2, 0.25) is 0 Å². The Hall–Kier alpha value is -1.59. The van der Waals surface area contributed by atoms with Crippen LogP contribution in [0.1, 0.15) is 25.0 Å². The summed E-state index contributed by atoms with van der Waals surface area (Å²) in [5.74, 6) is 0.636. The molecule has 0 radical (unpaired) electrons. The van der Waals surface area contributed by atoms with Gasteiger partial charge in [-0.05, 0) is 17.5 Å². The number of hydrogen-bond acceptors (Lipinski definition) is 4. The summed E-state index contributed by atoms with van der Waals surface area (Å²) in [7, 11) is 0. The Labute approximate surface area is 81.4 Å². The lowest BCUT2D eigenvalue weighted by Gasteiger charge is -2.23. The summed E-state index contributed by atoms with van der Waals surface area (Å²) < 4.78 is 0. The molecule has 14 heavy (non-hydrogen) atoms. The lowest BCUT2D eigenvalue weighted by molar-refractivity contribution is 0.310. The Morgan fingerprint density at radius 3 is 3.07 bits per heavy atom. The standard InChI is InChI=1S/C8H13N5O/c9-8(12-14)13-10-5-7(11-13)4-6-2-1-3-6/h5-6,14H,1-4H2,(H2,9,12). The van der Waals surface area contributed by atoms with Crippen molar-refractivity contribution in [2.24, 2.45) is 16.8 Å². The molecule has 6 nitrogen and oxygen atoms in total. The quantitative estimate of drug-likeness (QED) is 0.305. The van der Waals surface area contributed by atoms with Crippen LogP contribution in [0.2, 0.25) is 0 Å². The SMILES string of the molecule is N/C(=N\O)n1ncc(CC2CCC2)n1. The third-order valence-electron chi connectivity index (χ3n) is 2.57. The molecule has 1 aromatic rings. The van der Waals surface area contributed by atoms with Crippen LogP contribution < -0.4 is 5.73 Å². The molecule has 1 aliphatic rings. The van der Waals surface area contributed by atoms with Gasteiger partial charge in [0.15, 0.2) is 0 Å². The molecule has 0 bridgehead atoms. The van der Waals surface area contributed by atoms with E-state index in [2.05, 4.69) is 15.4 Å². The van der Waals surface area contributed by atoms with Gasteiger partial charge in [-0.3, -0.25) is 0 Å². The van der Waals surface area contributed by atoms with Gasteiger partial charge < -0.3 is 10.9 Å². The van der Waals surface area contributed by atoms with Gasteiger partial charge >= 0.3 is 0 Å². The summed E-state index contributed by atoms with van der Waals surface area (Å²) in [5.41, 5.74) is 6.23. The minimum Gasteiger partial charge on any atom is -0.408 e. The monoisotopic (exact) mass is 195 g/mol. The third kappa shape index (κ3) is 1.68. The van der Waals surface area contributed by atoms with E-state index in [4.69, 9.17) is 10.9 Å². The molecule has 6 heteroatoms. The van der Waals surface area contributed by atoms with Crippen LogP contribution in [0.25, 0.3) is 0 Å². The topological polar surface area (TPSA) is 89.3 Å². The summed E-state index contributed by atoms with van der Waals surface area (Å²) in [6.07, 6.45) is 6.47. The van der Waals surface area contributed by atoms with Gasteiger partial charge in [0.1, 0.15) is 0 Å². The molecule has 0 spiro atoms. The smallest absolute Gasteiger partial charge is 0.275 e. The van der Waals surface area contributed by atoms with Crippen LogP contribution in [-0.2, 0) is 6.42 Å². The van der Waals surface area contributed by atoms with E-state index < -0.39 is 0 Å². The van der Waals surface area contributed by atoms with Crippen LogP contribution in [0.4, 0.5) is 0 Å². The molecule has 1 aromatic heterocycles. The average molecular weight is 195 g/mol. The van der Waals surface area contributed by atoms with Crippen LogP contribution in [0.3, 0.4) is 0 Å². The highest BCUT2D eigenvalue weighted by atomic mass is 16.4. The first-order valence-electron chi connectivity index (χ1n) is 4.68. The maximum atomic E-state index is 8.40. The zero-order valence-corrected chi connectivity index (χ0v) is 7.80. The Bertz CT molecular complexity index is 341. The molecule has 1 heterocycles. The van der Waals surface area contributed by atoms with E-state index in [9.17, 15) is 0 Å². The first kappa shape index (κ1) is 8.98. The van der Waals surface area contributed by atoms with Gasteiger partial charge in [0.05, 0.1) is 11.9 Å². The molecule has 0 amide bonds. The maximum Gasteiger partial charge on any atom is 0.275 e. The van der Waals surface area contributed by atoms with E-state index >= 15 is 0 Å². The first-order chi connectivity index (χ1) is 6.79. The van der Waals surface area contributed by atoms with Gasteiger partial charge in [-0.1, -0.05) is 19.3 Å². The third-order valence-corrected chi connectivity index (χ3v) is 2.57. The fraction of sp³-hybridized carbons (Fsp3) is 0.625. The van der Waals surface area contributed by atoms with Gasteiger partial charge in [-0.2, -0.15) is 10.2 Å². The number of oxime groups is 1. The zero-order chi connectivity index (χ0) is 9.97. The van der Waals surface area contributed by atoms with Crippen molar-refractivity contribution >= 4 is 5.96 Å². The molecule has 0 aromatic carbocycles. The lowest BCUT2D eigenvalue weighted by Crippen LogP contribution is -2.25. The number of rotatable bonds is 2. The summed E-state index contributed by atoms with van der Waals surface area (Å²) in [5, 5.41) is 19.2. The minimum absolute atomic E-state index is 0.107. The van der Waals surface area contributed by atoms with Crippen molar-refractivity contribution in [2.45, 2.75) is 25.7 Å². The fourth-order valence-corrected chi connectivity index (χ4v) is 1.53. The molecule has 1 fully saturated rings. The summed E-state index contributed by atoms with van der Waals surface area (Å²) in [4.78, 5) is 1.13. The Balaban J connectivity index is 2.01. The van der Waals surface area contributed by atoms with E-state index in [1.807, 2.05) is 0 Å². The highest BCUT2D eigenvalue weighted by molar-refractivity contribution is 5.77. The summed E-state index contributed by atoms with van der Waals surface area (Å²) >= 11 is 0. The summed E-state index contributed by atoms with van der Waals surface area (Å²) in [6, 6.07) is 0. The molecule has 3 N–H and O–H groups in total. The van der Waals surface area contributed by atoms with Crippen molar-refractivity contribution in [3.8, 4) is 0 Å². The van der Waals surface area contributed by atoms with Crippen LogP contribution in [0.5, 0.6) is 0 Å². The van der Waals surface area contributed by atoms with E-state index in [1.54, 1.807) is 6.20 Å². The molecule has 76 valence electrons. The second kappa shape index (κ2) is 3.65. The van der Waals surface area contributed by atoms with E-state index in [1.165, 1.54) is 19.3 Å². The van der Waals surface area contributed by atoms with E-state index in [0.29, 0.717) is 0 Å². The molecule has 0 saturated heterocycles. The van der Waals surface area contributed by atoms with Crippen molar-refractivity contribution in [1.29, 1.82) is 0 Å². The van der Waals surface area contributed by atoms with Crippen molar-refractivity contribution in [2.75, 3.05) is 0 Å². The van der Waals surface area contributed by atoms with Gasteiger partial charge in [0, 0.05) is 0 Å². The predicted molar refractivity (Wildman–Crippen MR) is 49.9 cm³/mol. The lowest BCUT2D eigenvalue weighted by atomic mass is 9.82. The van der Waals surface area contributed by atoms with Gasteiger partial charge in [0.25, 0.3) is 5.96 Å². The van der Waals surface area contributed by atoms with E-state index in [-0.39, 0.29) is 5.96 Å². The molecule has 1 aliphatic carbocycles. The van der Waals surface area contributed by atoms with Gasteiger partial charge in [-0.15, -0.1) is 4.80 Å². The molecular weight excluding hydrogens is 182 g/mol. The molecule has 1 saturated carbocycles. The average Bonchev–Trinajstić information content (AvgIpc) is 2.58. The van der Waals surface area contributed by atoms with Crippen molar-refractivity contribution in [1.82, 2.24) is 15.0 Å². The van der Waals surface area contributed by atoms with Crippen molar-refractivity contribution in [3.63, 3.8) is 0 Å². The van der Waals surface area contributed by atoms with Crippen molar-refractivity contribution in [3.05, 3.63) is 11.9 Å². The van der Waals surface area contributed by atoms with Gasteiger partial charge in [-0.25, -0.2) is 0 Å². The first-order valence-corrected chi connectivity index (χ1v) is 4.68. The second-order valence-corrected chi connectivity index (χ2v) is 3.58. The highest BCUT2D eigenvalue weighted by Crippen LogP contribution is 2.28. The maximum absolute atomic E-state index is 8.40. The minimum atomic E-state index is -0.107. The molecular formula is C8H13N5O. The molecule has 0 unspecified atom stereocenters. The largest absolute Gasteiger partial charge is 0.408 e. The Morgan fingerprint density at radius 1 is 1.71 bits per heavy atom. The fourth-order valence-electron chi connectivity index (χ4n) is 1.53. The normalized spacial score (nSPS) is 18.1. The van der Waals surface area contributed by atoms with Crippen LogP contribution >= 0.6 is 0 Å². The number of nitrogens with zero attached hydrogens (tertiary/aromatic N) is 4. The predicted octanol–water partition coefficient (Wildman–Crippen LogP) is 0.173. The number of hydrogen-bond donors (Lipinski definition) is 2. The van der Waals surface area contributed by atoms with E-state index in [0.717, 1.165) is 22.8 Å². The number of nitrogens with two attached hydrogens (primary N) is 1. The van der Waals surface area contributed by atoms with Crippen LogP contribution in [0, 0.1) is 5.92 Å². The Morgan fingerprint density at radius 2 is 2.50 bits per heavy atom. The molecule has 2 rings (SSSR count). The summed E-state index contributed by atoms with van der Waals surface area (Å²) in [6.45, 7) is 0. The van der Waals surface area contributed by atoms with Crippen molar-refractivity contribution < 1.29 is 5.21 Å². The second-order valence-electron chi connectivity index (χ2n) is 3.58. The zero-order valence-electron chi connectivity index (χ0n) is 7.80. The Kier molecular flexibility index (Phi) is 2.34. The number of aromatic nitrogens is 3. The molecule has 0 atom stereocenters. The highest BCUT2D eigenvalue weighted by Gasteiger charge is 2.19. The molecule has 0 aliphatic heterocycles. The van der Waals surface area contributed by atoms with Crippen LogP contribution in [-0.4, -0.2) is 26.2 Å². The van der Waals surface area contributed by atoms with Crippen LogP contribution in [0.15, 0.2) is 11.4 Å².